The van der Waals surface area contributed by atoms with Crippen LogP contribution in [0.4, 0.5) is 11.4 Å². The number of nitrogens with zero attached hydrogens (tertiary/aromatic N) is 1. The van der Waals surface area contributed by atoms with Gasteiger partial charge in [0, 0.05) is 28.0 Å². The van der Waals surface area contributed by atoms with Gasteiger partial charge in [0.1, 0.15) is 5.75 Å². The summed E-state index contributed by atoms with van der Waals surface area (Å²) in [5, 5.41) is 10.9. The Hall–Kier alpha value is -2.21. The second kappa shape index (κ2) is 6.49. The molecule has 5 nitrogen and oxygen atoms in total. The third-order valence-electron chi connectivity index (χ3n) is 3.22. The molecule has 0 amide bonds. The second-order valence-corrected chi connectivity index (χ2v) is 5.53. The number of anilines is 1. The molecule has 0 atom stereocenters. The van der Waals surface area contributed by atoms with Crippen molar-refractivity contribution in [2.75, 3.05) is 12.8 Å². The molecule has 2 aromatic carbocycles. The van der Waals surface area contributed by atoms with Crippen molar-refractivity contribution < 1.29 is 9.66 Å². The highest BCUT2D eigenvalue weighted by molar-refractivity contribution is 7.98. The maximum atomic E-state index is 10.9. The van der Waals surface area contributed by atoms with E-state index in [-0.39, 0.29) is 10.6 Å². The van der Waals surface area contributed by atoms with E-state index < -0.39 is 0 Å². The van der Waals surface area contributed by atoms with Crippen LogP contribution in [0.5, 0.6) is 5.75 Å². The highest BCUT2D eigenvalue weighted by atomic mass is 32.2. The third-order valence-corrected chi connectivity index (χ3v) is 4.34. The van der Waals surface area contributed by atoms with Crippen LogP contribution in [-0.4, -0.2) is 12.0 Å². The predicted molar refractivity (Wildman–Crippen MR) is 84.8 cm³/mol. The Morgan fingerprint density at radius 2 is 2.10 bits per heavy atom. The molecule has 110 valence electrons. The quantitative estimate of drug-likeness (QED) is 0.393. The molecule has 2 aromatic rings. The zero-order valence-electron chi connectivity index (χ0n) is 11.8. The lowest BCUT2D eigenvalue weighted by Gasteiger charge is -2.09. The Kier molecular flexibility index (Phi) is 4.70. The molecule has 0 bridgehead atoms. The van der Waals surface area contributed by atoms with Crippen molar-refractivity contribution in [1.82, 2.24) is 0 Å². The van der Waals surface area contributed by atoms with Gasteiger partial charge in [-0.3, -0.25) is 10.1 Å². The Balaban J connectivity index is 2.21. The number of nitro groups is 1. The van der Waals surface area contributed by atoms with Crippen LogP contribution in [0.2, 0.25) is 0 Å². The smallest absolute Gasteiger partial charge is 0.272 e. The third kappa shape index (κ3) is 3.46. The summed E-state index contributed by atoms with van der Waals surface area (Å²) in [6.45, 7) is 1.77. The fourth-order valence-electron chi connectivity index (χ4n) is 1.95. The van der Waals surface area contributed by atoms with Gasteiger partial charge in [-0.15, -0.1) is 11.8 Å². The number of benzene rings is 2. The Morgan fingerprint density at radius 1 is 1.33 bits per heavy atom. The molecule has 0 unspecified atom stereocenters. The molecule has 0 aliphatic carbocycles. The van der Waals surface area contributed by atoms with Crippen molar-refractivity contribution >= 4 is 23.1 Å². The van der Waals surface area contributed by atoms with Crippen LogP contribution in [0.25, 0.3) is 0 Å². The molecule has 2 rings (SSSR count). The lowest BCUT2D eigenvalue weighted by Crippen LogP contribution is -1.96. The molecule has 0 aliphatic heterocycles. The van der Waals surface area contributed by atoms with Gasteiger partial charge >= 0.3 is 0 Å². The number of hydrogen-bond donors (Lipinski definition) is 1. The van der Waals surface area contributed by atoms with Gasteiger partial charge in [-0.25, -0.2) is 0 Å². The van der Waals surface area contributed by atoms with E-state index in [0.29, 0.717) is 17.0 Å². The number of methoxy groups -OCH3 is 1. The second-order valence-electron chi connectivity index (χ2n) is 4.51. The van der Waals surface area contributed by atoms with E-state index in [9.17, 15) is 10.1 Å². The van der Waals surface area contributed by atoms with E-state index in [4.69, 9.17) is 10.5 Å². The van der Waals surface area contributed by atoms with E-state index in [0.717, 1.165) is 16.2 Å². The van der Waals surface area contributed by atoms with Crippen molar-refractivity contribution in [3.05, 3.63) is 57.6 Å². The van der Waals surface area contributed by atoms with Crippen LogP contribution < -0.4 is 10.5 Å². The Bertz CT molecular complexity index is 674. The van der Waals surface area contributed by atoms with Crippen LogP contribution in [0.15, 0.2) is 41.3 Å². The highest BCUT2D eigenvalue weighted by Crippen LogP contribution is 2.33. The number of nitrogen functional groups attached to an aromatic ring is 1. The van der Waals surface area contributed by atoms with Crippen molar-refractivity contribution in [2.24, 2.45) is 0 Å². The normalized spacial score (nSPS) is 10.4. The number of nitrogens with two attached hydrogens (primary N) is 1. The summed E-state index contributed by atoms with van der Waals surface area (Å²) in [6.07, 6.45) is 0. The topological polar surface area (TPSA) is 78.4 Å². The van der Waals surface area contributed by atoms with E-state index in [1.54, 1.807) is 32.2 Å². The monoisotopic (exact) mass is 304 g/mol. The fourth-order valence-corrected chi connectivity index (χ4v) is 3.00. The van der Waals surface area contributed by atoms with E-state index >= 15 is 0 Å². The average molecular weight is 304 g/mol. The predicted octanol–water partition coefficient (Wildman–Crippen LogP) is 3.79. The lowest BCUT2D eigenvalue weighted by atomic mass is 10.1. The highest BCUT2D eigenvalue weighted by Gasteiger charge is 2.13. The van der Waals surface area contributed by atoms with Gasteiger partial charge in [0.2, 0.25) is 0 Å². The molecule has 21 heavy (non-hydrogen) atoms. The number of rotatable bonds is 5. The van der Waals surface area contributed by atoms with Crippen LogP contribution in [0.1, 0.15) is 11.1 Å². The van der Waals surface area contributed by atoms with E-state index in [2.05, 4.69) is 0 Å². The van der Waals surface area contributed by atoms with Crippen molar-refractivity contribution in [3.8, 4) is 5.75 Å². The lowest BCUT2D eigenvalue weighted by molar-refractivity contribution is -0.385. The average Bonchev–Trinajstić information content (AvgIpc) is 2.47. The molecule has 2 N–H and O–H groups in total. The van der Waals surface area contributed by atoms with Gasteiger partial charge in [0.15, 0.2) is 0 Å². The maximum Gasteiger partial charge on any atom is 0.272 e. The molecule has 0 aliphatic rings. The Morgan fingerprint density at radius 3 is 2.76 bits per heavy atom. The SMILES string of the molecule is COc1ccc(N)c(SCc2cccc([N+](=O)[O-])c2C)c1. The maximum absolute atomic E-state index is 10.9. The summed E-state index contributed by atoms with van der Waals surface area (Å²) in [5.41, 5.74) is 8.37. The summed E-state index contributed by atoms with van der Waals surface area (Å²) < 4.78 is 5.18. The molecule has 6 heteroatoms. The number of thioether (sulfide) groups is 1. The largest absolute Gasteiger partial charge is 0.497 e. The van der Waals surface area contributed by atoms with Gasteiger partial charge in [-0.05, 0) is 30.7 Å². The summed E-state index contributed by atoms with van der Waals surface area (Å²) in [6, 6.07) is 10.6. The van der Waals surface area contributed by atoms with Crippen molar-refractivity contribution in [1.29, 1.82) is 0 Å². The van der Waals surface area contributed by atoms with Crippen LogP contribution >= 0.6 is 11.8 Å². The molecular formula is C15H16N2O3S. The first-order valence-corrected chi connectivity index (χ1v) is 7.30. The molecule has 0 spiro atoms. The van der Waals surface area contributed by atoms with Crippen molar-refractivity contribution in [2.45, 2.75) is 17.6 Å². The van der Waals surface area contributed by atoms with Gasteiger partial charge in [-0.2, -0.15) is 0 Å². The van der Waals surface area contributed by atoms with Gasteiger partial charge in [0.05, 0.1) is 12.0 Å². The van der Waals surface area contributed by atoms with E-state index in [1.165, 1.54) is 17.8 Å². The first-order valence-electron chi connectivity index (χ1n) is 6.32. The van der Waals surface area contributed by atoms with Crippen LogP contribution in [-0.2, 0) is 5.75 Å². The minimum absolute atomic E-state index is 0.145. The molecule has 0 heterocycles. The molecule has 0 aromatic heterocycles. The standard InChI is InChI=1S/C15H16N2O3S/c1-10-11(4-3-5-14(10)17(18)19)9-21-15-8-12(20-2)6-7-13(15)16/h3-8H,9,16H2,1-2H3. The van der Waals surface area contributed by atoms with E-state index in [1.807, 2.05) is 12.1 Å². The van der Waals surface area contributed by atoms with Gasteiger partial charge < -0.3 is 10.5 Å². The van der Waals surface area contributed by atoms with Gasteiger partial charge in [-0.1, -0.05) is 12.1 Å². The first kappa shape index (κ1) is 15.2. The Labute approximate surface area is 127 Å². The summed E-state index contributed by atoms with van der Waals surface area (Å²) in [4.78, 5) is 11.5. The molecule has 0 radical (unpaired) electrons. The van der Waals surface area contributed by atoms with Crippen LogP contribution in [0, 0.1) is 17.0 Å². The van der Waals surface area contributed by atoms with Gasteiger partial charge in [0.25, 0.3) is 5.69 Å². The summed E-state index contributed by atoms with van der Waals surface area (Å²) in [5.74, 6) is 1.35. The van der Waals surface area contributed by atoms with Crippen LogP contribution in [0.3, 0.4) is 0 Å². The summed E-state index contributed by atoms with van der Waals surface area (Å²) >= 11 is 1.54. The zero-order chi connectivity index (χ0) is 15.4. The molecule has 0 saturated carbocycles. The number of hydrogen-bond acceptors (Lipinski definition) is 5. The molecule has 0 saturated heterocycles. The molecular weight excluding hydrogens is 288 g/mol. The van der Waals surface area contributed by atoms with Crippen molar-refractivity contribution in [3.63, 3.8) is 0 Å². The summed E-state index contributed by atoms with van der Waals surface area (Å²) in [7, 11) is 1.60. The molecule has 0 fully saturated rings. The number of ether oxygens (including phenoxy) is 1. The number of nitro benzene ring substituents is 1. The fraction of sp³-hybridized carbons (Fsp3) is 0.200. The first-order chi connectivity index (χ1) is 10.0. The zero-order valence-corrected chi connectivity index (χ0v) is 12.6. The minimum Gasteiger partial charge on any atom is -0.497 e. The minimum atomic E-state index is -0.358.